The summed E-state index contributed by atoms with van der Waals surface area (Å²) >= 11 is 2.01. The van der Waals surface area contributed by atoms with Crippen molar-refractivity contribution in [2.24, 2.45) is 11.8 Å². The standard InChI is InChI=1S/C41H31NS/c1-2-12-27-25-28(24-23-26(27)11-1)29-14-9-19-35-40(29)43-38-22-8-5-17-33(38)41(35)32-16-4-7-21-37(32)42-36-20-6-3-13-30(36)31-15-10-18-34(41)39(31)42/h1-22,26-28H,23-25H2/t26?,27-,28?,41?/m1/s1. The Hall–Kier alpha value is -4.27. The SMILES string of the molecule is C1=CC2CCC(c3cccc4c3Sc3ccccc3C43c4ccccc4-n4c5ccccc5c5cccc3c54)C[C@H]2C=C1. The number of aromatic nitrogens is 1. The summed E-state index contributed by atoms with van der Waals surface area (Å²) in [5.41, 5.74) is 10.7. The van der Waals surface area contributed by atoms with Gasteiger partial charge in [0.25, 0.3) is 0 Å². The van der Waals surface area contributed by atoms with Crippen molar-refractivity contribution in [1.82, 2.24) is 4.57 Å². The van der Waals surface area contributed by atoms with E-state index in [0.29, 0.717) is 17.8 Å². The molecule has 3 heterocycles. The minimum absolute atomic E-state index is 0.391. The van der Waals surface area contributed by atoms with Crippen molar-refractivity contribution in [2.45, 2.75) is 40.4 Å². The Morgan fingerprint density at radius 2 is 1.33 bits per heavy atom. The number of nitrogens with zero attached hydrogens (tertiary/aromatic N) is 1. The highest BCUT2D eigenvalue weighted by Crippen LogP contribution is 2.62. The van der Waals surface area contributed by atoms with E-state index >= 15 is 0 Å². The molecule has 0 bridgehead atoms. The van der Waals surface area contributed by atoms with Crippen LogP contribution in [0.4, 0.5) is 0 Å². The van der Waals surface area contributed by atoms with E-state index in [1.54, 1.807) is 5.56 Å². The number of para-hydroxylation sites is 3. The number of rotatable bonds is 1. The maximum atomic E-state index is 2.54. The van der Waals surface area contributed by atoms with Gasteiger partial charge in [-0.15, -0.1) is 0 Å². The Morgan fingerprint density at radius 3 is 2.28 bits per heavy atom. The molecule has 0 N–H and O–H groups in total. The van der Waals surface area contributed by atoms with E-state index in [4.69, 9.17) is 0 Å². The lowest BCUT2D eigenvalue weighted by atomic mass is 9.62. The zero-order valence-electron chi connectivity index (χ0n) is 23.9. The molecular formula is C41H31NS. The van der Waals surface area contributed by atoms with Crippen LogP contribution in [0.3, 0.4) is 0 Å². The molecule has 1 fully saturated rings. The summed E-state index contributed by atoms with van der Waals surface area (Å²) in [5.74, 6) is 1.92. The van der Waals surface area contributed by atoms with Crippen molar-refractivity contribution in [3.05, 3.63) is 161 Å². The summed E-state index contributed by atoms with van der Waals surface area (Å²) in [5, 5.41) is 2.66. The van der Waals surface area contributed by atoms with Crippen LogP contribution in [-0.2, 0) is 5.41 Å². The normalized spacial score (nSPS) is 24.5. The van der Waals surface area contributed by atoms with Crippen LogP contribution in [0.1, 0.15) is 53.0 Å². The lowest BCUT2D eigenvalue weighted by molar-refractivity contribution is 0.299. The van der Waals surface area contributed by atoms with Gasteiger partial charge in [0.2, 0.25) is 0 Å². The topological polar surface area (TPSA) is 4.93 Å². The first-order valence-electron chi connectivity index (χ1n) is 15.7. The first-order valence-corrected chi connectivity index (χ1v) is 16.5. The molecule has 1 saturated carbocycles. The van der Waals surface area contributed by atoms with E-state index in [1.807, 2.05) is 11.8 Å². The number of hydrogen-bond acceptors (Lipinski definition) is 1. The molecule has 5 aromatic carbocycles. The van der Waals surface area contributed by atoms with E-state index in [0.717, 1.165) is 0 Å². The van der Waals surface area contributed by atoms with Crippen LogP contribution in [0.25, 0.3) is 27.5 Å². The highest BCUT2D eigenvalue weighted by atomic mass is 32.2. The quantitative estimate of drug-likeness (QED) is 0.190. The van der Waals surface area contributed by atoms with Crippen LogP contribution in [-0.4, -0.2) is 4.57 Å². The number of benzene rings is 5. The molecule has 0 amide bonds. The monoisotopic (exact) mass is 569 g/mol. The van der Waals surface area contributed by atoms with Crippen molar-refractivity contribution in [3.63, 3.8) is 0 Å². The molecule has 6 aromatic rings. The van der Waals surface area contributed by atoms with Gasteiger partial charge in [0.1, 0.15) is 0 Å². The summed E-state index contributed by atoms with van der Waals surface area (Å²) < 4.78 is 2.54. The summed E-state index contributed by atoms with van der Waals surface area (Å²) in [6.07, 6.45) is 13.2. The molecule has 2 heteroatoms. The van der Waals surface area contributed by atoms with Gasteiger partial charge in [-0.1, -0.05) is 127 Å². The third kappa shape index (κ3) is 3.10. The number of allylic oxidation sites excluding steroid dienone is 4. The Labute approximate surface area is 256 Å². The van der Waals surface area contributed by atoms with Gasteiger partial charge in [0, 0.05) is 20.6 Å². The van der Waals surface area contributed by atoms with Gasteiger partial charge in [-0.05, 0) is 83.0 Å². The van der Waals surface area contributed by atoms with Crippen LogP contribution >= 0.6 is 11.8 Å². The summed E-state index contributed by atoms with van der Waals surface area (Å²) in [4.78, 5) is 2.87. The summed E-state index contributed by atoms with van der Waals surface area (Å²) in [6.45, 7) is 0. The minimum atomic E-state index is -0.391. The second-order valence-corrected chi connectivity index (χ2v) is 13.8. The minimum Gasteiger partial charge on any atom is -0.309 e. The van der Waals surface area contributed by atoms with Crippen LogP contribution in [0.2, 0.25) is 0 Å². The van der Waals surface area contributed by atoms with Gasteiger partial charge >= 0.3 is 0 Å². The number of fused-ring (bicyclic) bond motifs is 12. The van der Waals surface area contributed by atoms with Crippen LogP contribution in [0.15, 0.2) is 143 Å². The molecule has 4 atom stereocenters. The third-order valence-corrected chi connectivity index (χ3v) is 12.1. The molecule has 10 rings (SSSR count). The molecule has 3 unspecified atom stereocenters. The Kier molecular flexibility index (Phi) is 5.00. The van der Waals surface area contributed by atoms with Crippen LogP contribution in [0.5, 0.6) is 0 Å². The van der Waals surface area contributed by atoms with Crippen LogP contribution < -0.4 is 0 Å². The van der Waals surface area contributed by atoms with Gasteiger partial charge in [-0.2, -0.15) is 0 Å². The van der Waals surface area contributed by atoms with Gasteiger partial charge in [0.15, 0.2) is 0 Å². The van der Waals surface area contributed by atoms with Crippen LogP contribution in [0, 0.1) is 11.8 Å². The van der Waals surface area contributed by atoms with Crippen molar-refractivity contribution < 1.29 is 0 Å². The highest BCUT2D eigenvalue weighted by Gasteiger charge is 2.50. The second-order valence-electron chi connectivity index (χ2n) is 12.8. The smallest absolute Gasteiger partial charge is 0.0764 e. The maximum Gasteiger partial charge on any atom is 0.0764 e. The second kappa shape index (κ2) is 8.88. The first-order chi connectivity index (χ1) is 21.3. The van der Waals surface area contributed by atoms with Gasteiger partial charge in [0.05, 0.1) is 22.1 Å². The average Bonchev–Trinajstić information content (AvgIpc) is 3.41. The molecule has 1 spiro atoms. The predicted molar refractivity (Wildman–Crippen MR) is 179 cm³/mol. The molecule has 2 aliphatic carbocycles. The van der Waals surface area contributed by atoms with Gasteiger partial charge in [-0.25, -0.2) is 0 Å². The zero-order valence-corrected chi connectivity index (χ0v) is 24.7. The zero-order chi connectivity index (χ0) is 28.1. The lowest BCUT2D eigenvalue weighted by Crippen LogP contribution is -2.38. The van der Waals surface area contributed by atoms with E-state index < -0.39 is 5.41 Å². The molecule has 4 aliphatic rings. The summed E-state index contributed by atoms with van der Waals surface area (Å²) in [7, 11) is 0. The van der Waals surface area contributed by atoms with E-state index in [2.05, 4.69) is 138 Å². The Bertz CT molecular complexity index is 2180. The van der Waals surface area contributed by atoms with Crippen molar-refractivity contribution in [2.75, 3.05) is 0 Å². The van der Waals surface area contributed by atoms with E-state index in [-0.39, 0.29) is 0 Å². The van der Waals surface area contributed by atoms with Crippen molar-refractivity contribution in [1.29, 1.82) is 0 Å². The molecule has 0 saturated heterocycles. The predicted octanol–water partition coefficient (Wildman–Crippen LogP) is 10.6. The molecule has 206 valence electrons. The van der Waals surface area contributed by atoms with Crippen molar-refractivity contribution in [3.8, 4) is 5.69 Å². The van der Waals surface area contributed by atoms with E-state index in [9.17, 15) is 0 Å². The molecular weight excluding hydrogens is 539 g/mol. The third-order valence-electron chi connectivity index (χ3n) is 10.8. The molecule has 1 nitrogen and oxygen atoms in total. The fourth-order valence-corrected chi connectivity index (χ4v) is 10.5. The van der Waals surface area contributed by atoms with Gasteiger partial charge < -0.3 is 4.57 Å². The van der Waals surface area contributed by atoms with Crippen molar-refractivity contribution >= 4 is 33.6 Å². The highest BCUT2D eigenvalue weighted by molar-refractivity contribution is 7.99. The molecule has 0 radical (unpaired) electrons. The fraction of sp³-hybridized carbons (Fsp3) is 0.171. The first kappa shape index (κ1) is 24.2. The van der Waals surface area contributed by atoms with E-state index in [1.165, 1.54) is 78.8 Å². The van der Waals surface area contributed by atoms with Gasteiger partial charge in [-0.3, -0.25) is 0 Å². The molecule has 43 heavy (non-hydrogen) atoms. The fourth-order valence-electron chi connectivity index (χ4n) is 9.07. The lowest BCUT2D eigenvalue weighted by Gasteiger charge is -2.46. The Morgan fingerprint density at radius 1 is 0.605 bits per heavy atom. The number of hydrogen-bond donors (Lipinski definition) is 0. The Balaban J connectivity index is 1.32. The molecule has 1 aromatic heterocycles. The molecule has 2 aliphatic heterocycles. The largest absolute Gasteiger partial charge is 0.309 e. The maximum absolute atomic E-state index is 2.54. The summed E-state index contributed by atoms with van der Waals surface area (Å²) in [6, 6.07) is 41.7. The average molecular weight is 570 g/mol.